The zero-order chi connectivity index (χ0) is 27.9. The van der Waals surface area contributed by atoms with Gasteiger partial charge in [0.2, 0.25) is 21.8 Å². The minimum absolute atomic E-state index is 0.0868. The topological polar surface area (TPSA) is 86.8 Å². The van der Waals surface area contributed by atoms with Crippen LogP contribution >= 0.6 is 23.2 Å². The Hall–Kier alpha value is -3.07. The molecule has 0 aliphatic carbocycles. The van der Waals surface area contributed by atoms with Crippen LogP contribution in [0.5, 0.6) is 0 Å². The van der Waals surface area contributed by atoms with Crippen molar-refractivity contribution >= 4 is 50.7 Å². The number of nitrogens with one attached hydrogen (secondary N) is 1. The summed E-state index contributed by atoms with van der Waals surface area (Å²) < 4.78 is 26.6. The average Bonchev–Trinajstić information content (AvgIpc) is 2.85. The predicted molar refractivity (Wildman–Crippen MR) is 153 cm³/mol. The molecule has 0 saturated heterocycles. The zero-order valence-corrected chi connectivity index (χ0v) is 23.8. The highest BCUT2D eigenvalue weighted by Crippen LogP contribution is 2.30. The largest absolute Gasteiger partial charge is 0.352 e. The monoisotopic (exact) mass is 575 g/mol. The van der Waals surface area contributed by atoms with Crippen molar-refractivity contribution in [3.63, 3.8) is 0 Å². The molecule has 0 bridgehead atoms. The quantitative estimate of drug-likeness (QED) is 0.351. The number of benzene rings is 3. The molecule has 0 aliphatic rings. The predicted octanol–water partition coefficient (Wildman–Crippen LogP) is 4.92. The van der Waals surface area contributed by atoms with Gasteiger partial charge < -0.3 is 10.2 Å². The van der Waals surface area contributed by atoms with Gasteiger partial charge in [-0.25, -0.2) is 8.42 Å². The first kappa shape index (κ1) is 29.5. The Kier molecular flexibility index (Phi) is 10.2. The first-order valence-corrected chi connectivity index (χ1v) is 14.7. The van der Waals surface area contributed by atoms with Gasteiger partial charge in [0.1, 0.15) is 12.6 Å². The second kappa shape index (κ2) is 13.1. The van der Waals surface area contributed by atoms with Crippen molar-refractivity contribution < 1.29 is 18.0 Å². The van der Waals surface area contributed by atoms with Gasteiger partial charge in [-0.15, -0.1) is 0 Å². The normalized spacial score (nSPS) is 12.2. The summed E-state index contributed by atoms with van der Waals surface area (Å²) in [5.74, 6) is -0.881. The molecule has 0 saturated carbocycles. The second-order valence-electron chi connectivity index (χ2n) is 9.24. The standard InChI is InChI=1S/C28H31Cl2N3O4S/c1-20(2)31-28(35)26(16-21-10-6-4-7-11-21)32(18-22-12-8-5-9-13-22)27(34)19-33(38(3,36)37)25-15-14-23(29)17-24(25)30/h4-15,17,20,26H,16,18-19H2,1-3H3,(H,31,35)/t26-/m1/s1. The van der Waals surface area contributed by atoms with Gasteiger partial charge in [-0.2, -0.15) is 0 Å². The summed E-state index contributed by atoms with van der Waals surface area (Å²) in [6, 6.07) is 21.9. The third-order valence-electron chi connectivity index (χ3n) is 5.76. The zero-order valence-electron chi connectivity index (χ0n) is 21.5. The Balaban J connectivity index is 2.05. The van der Waals surface area contributed by atoms with Gasteiger partial charge in [0.15, 0.2) is 0 Å². The lowest BCUT2D eigenvalue weighted by atomic mass is 10.0. The number of hydrogen-bond acceptors (Lipinski definition) is 4. The minimum atomic E-state index is -3.92. The van der Waals surface area contributed by atoms with E-state index in [0.717, 1.165) is 21.7 Å². The Morgan fingerprint density at radius 3 is 2.00 bits per heavy atom. The molecule has 3 aromatic rings. The van der Waals surface area contributed by atoms with Crippen molar-refractivity contribution in [1.82, 2.24) is 10.2 Å². The molecule has 202 valence electrons. The molecule has 2 amide bonds. The second-order valence-corrected chi connectivity index (χ2v) is 12.0. The van der Waals surface area contributed by atoms with Crippen LogP contribution in [0.2, 0.25) is 10.0 Å². The van der Waals surface area contributed by atoms with E-state index in [1.54, 1.807) is 0 Å². The maximum absolute atomic E-state index is 13.9. The number of hydrogen-bond donors (Lipinski definition) is 1. The maximum Gasteiger partial charge on any atom is 0.244 e. The summed E-state index contributed by atoms with van der Waals surface area (Å²) in [6.45, 7) is 3.24. The van der Waals surface area contributed by atoms with Gasteiger partial charge in [0.05, 0.1) is 17.0 Å². The summed E-state index contributed by atoms with van der Waals surface area (Å²) in [4.78, 5) is 28.8. The van der Waals surface area contributed by atoms with E-state index in [9.17, 15) is 18.0 Å². The molecule has 3 aromatic carbocycles. The highest BCUT2D eigenvalue weighted by molar-refractivity contribution is 7.92. The summed E-state index contributed by atoms with van der Waals surface area (Å²) in [7, 11) is -3.92. The molecule has 1 N–H and O–H groups in total. The number of carbonyl (C=O) groups excluding carboxylic acids is 2. The number of amides is 2. The van der Waals surface area contributed by atoms with Crippen LogP contribution in [-0.4, -0.2) is 50.0 Å². The molecule has 7 nitrogen and oxygen atoms in total. The van der Waals surface area contributed by atoms with E-state index in [4.69, 9.17) is 23.2 Å². The van der Waals surface area contributed by atoms with E-state index in [0.29, 0.717) is 5.02 Å². The van der Waals surface area contributed by atoms with E-state index < -0.39 is 28.5 Å². The van der Waals surface area contributed by atoms with Gasteiger partial charge in [0, 0.05) is 24.0 Å². The molecule has 0 spiro atoms. The molecule has 1 atom stereocenters. The van der Waals surface area contributed by atoms with Crippen LogP contribution in [0.15, 0.2) is 78.9 Å². The van der Waals surface area contributed by atoms with Crippen molar-refractivity contribution in [2.24, 2.45) is 0 Å². The van der Waals surface area contributed by atoms with E-state index in [1.165, 1.54) is 23.1 Å². The average molecular weight is 577 g/mol. The Labute approximate surface area is 234 Å². The van der Waals surface area contributed by atoms with Crippen LogP contribution in [-0.2, 0) is 32.6 Å². The SMILES string of the molecule is CC(C)NC(=O)[C@@H](Cc1ccccc1)N(Cc1ccccc1)C(=O)CN(c1ccc(Cl)cc1Cl)S(C)(=O)=O. The highest BCUT2D eigenvalue weighted by Gasteiger charge is 2.33. The van der Waals surface area contributed by atoms with E-state index in [-0.39, 0.29) is 35.6 Å². The number of anilines is 1. The molecule has 0 aromatic heterocycles. The van der Waals surface area contributed by atoms with E-state index in [1.807, 2.05) is 74.5 Å². The number of carbonyl (C=O) groups is 2. The van der Waals surface area contributed by atoms with Gasteiger partial charge in [-0.1, -0.05) is 83.9 Å². The van der Waals surface area contributed by atoms with Crippen LogP contribution in [0, 0.1) is 0 Å². The summed E-state index contributed by atoms with van der Waals surface area (Å²) in [6.07, 6.45) is 1.25. The van der Waals surface area contributed by atoms with Crippen LogP contribution in [0.4, 0.5) is 5.69 Å². The fourth-order valence-corrected chi connectivity index (χ4v) is 5.42. The van der Waals surface area contributed by atoms with Crippen molar-refractivity contribution in [1.29, 1.82) is 0 Å². The van der Waals surface area contributed by atoms with Crippen molar-refractivity contribution in [3.05, 3.63) is 100 Å². The van der Waals surface area contributed by atoms with Crippen LogP contribution < -0.4 is 9.62 Å². The van der Waals surface area contributed by atoms with Crippen LogP contribution in [0.1, 0.15) is 25.0 Å². The maximum atomic E-state index is 13.9. The lowest BCUT2D eigenvalue weighted by molar-refractivity contribution is -0.140. The summed E-state index contributed by atoms with van der Waals surface area (Å²) >= 11 is 12.3. The number of rotatable bonds is 11. The molecular weight excluding hydrogens is 545 g/mol. The number of nitrogens with zero attached hydrogens (tertiary/aromatic N) is 2. The molecular formula is C28H31Cl2N3O4S. The number of halogens is 2. The van der Waals surface area contributed by atoms with Crippen LogP contribution in [0.3, 0.4) is 0 Å². The third-order valence-corrected chi connectivity index (χ3v) is 7.42. The van der Waals surface area contributed by atoms with Gasteiger partial charge >= 0.3 is 0 Å². The lowest BCUT2D eigenvalue weighted by Crippen LogP contribution is -2.54. The van der Waals surface area contributed by atoms with Crippen molar-refractivity contribution in [2.75, 3.05) is 17.1 Å². The summed E-state index contributed by atoms with van der Waals surface area (Å²) in [5.41, 5.74) is 1.78. The lowest BCUT2D eigenvalue weighted by Gasteiger charge is -2.34. The third kappa shape index (κ3) is 8.21. The molecule has 0 aliphatic heterocycles. The highest BCUT2D eigenvalue weighted by atomic mass is 35.5. The molecule has 0 radical (unpaired) electrons. The van der Waals surface area contributed by atoms with Crippen molar-refractivity contribution in [3.8, 4) is 0 Å². The van der Waals surface area contributed by atoms with Gasteiger partial charge in [-0.3, -0.25) is 13.9 Å². The fraction of sp³-hybridized carbons (Fsp3) is 0.286. The Morgan fingerprint density at radius 2 is 1.47 bits per heavy atom. The molecule has 3 rings (SSSR count). The first-order valence-electron chi connectivity index (χ1n) is 12.1. The minimum Gasteiger partial charge on any atom is -0.352 e. The van der Waals surface area contributed by atoms with Crippen LogP contribution in [0.25, 0.3) is 0 Å². The van der Waals surface area contributed by atoms with Gasteiger partial charge in [-0.05, 0) is 43.2 Å². The molecule has 0 unspecified atom stereocenters. The molecule has 38 heavy (non-hydrogen) atoms. The molecule has 0 fully saturated rings. The van der Waals surface area contributed by atoms with Crippen molar-refractivity contribution in [2.45, 2.75) is 38.9 Å². The van der Waals surface area contributed by atoms with E-state index >= 15 is 0 Å². The summed E-state index contributed by atoms with van der Waals surface area (Å²) in [5, 5.41) is 3.33. The Morgan fingerprint density at radius 1 is 0.895 bits per heavy atom. The van der Waals surface area contributed by atoms with E-state index in [2.05, 4.69) is 5.32 Å². The smallest absolute Gasteiger partial charge is 0.244 e. The fourth-order valence-electron chi connectivity index (χ4n) is 3.99. The molecule has 10 heteroatoms. The number of sulfonamides is 1. The first-order chi connectivity index (χ1) is 18.0. The molecule has 0 heterocycles. The van der Waals surface area contributed by atoms with Gasteiger partial charge in [0.25, 0.3) is 0 Å². The Bertz CT molecular complexity index is 1350.